The van der Waals surface area contributed by atoms with Crippen molar-refractivity contribution in [1.82, 2.24) is 4.90 Å². The lowest BCUT2D eigenvalue weighted by Crippen LogP contribution is -2.58. The Labute approximate surface area is 96.6 Å². The number of likely N-dealkylation sites (N-methyl/N-ethyl adjacent to an activating group) is 1. The molecule has 0 bridgehead atoms. The van der Waals surface area contributed by atoms with Crippen LogP contribution in [0.3, 0.4) is 0 Å². The predicted octanol–water partition coefficient (Wildman–Crippen LogP) is 0.147. The fraction of sp³-hybridized carbons (Fsp3) is 0.909. The third kappa shape index (κ3) is 3.17. The highest BCUT2D eigenvalue weighted by molar-refractivity contribution is 5.79. The summed E-state index contributed by atoms with van der Waals surface area (Å²) in [5, 5.41) is 9.23. The van der Waals surface area contributed by atoms with E-state index in [1.54, 1.807) is 7.11 Å². The molecule has 1 aliphatic carbocycles. The molecule has 0 spiro atoms. The molecule has 16 heavy (non-hydrogen) atoms. The predicted molar refractivity (Wildman–Crippen MR) is 61.3 cm³/mol. The van der Waals surface area contributed by atoms with E-state index in [1.165, 1.54) is 0 Å². The number of nitrogens with zero attached hydrogens (tertiary/aromatic N) is 1. The van der Waals surface area contributed by atoms with E-state index in [1.807, 2.05) is 11.8 Å². The van der Waals surface area contributed by atoms with Crippen molar-refractivity contribution in [3.63, 3.8) is 0 Å². The van der Waals surface area contributed by atoms with Gasteiger partial charge in [-0.05, 0) is 25.3 Å². The molecule has 1 fully saturated rings. The highest BCUT2D eigenvalue weighted by Crippen LogP contribution is 2.38. The molecule has 0 aromatic heterocycles. The highest BCUT2D eigenvalue weighted by Gasteiger charge is 2.48. The molecule has 5 heteroatoms. The lowest BCUT2D eigenvalue weighted by molar-refractivity contribution is -0.145. The zero-order valence-corrected chi connectivity index (χ0v) is 10.1. The van der Waals surface area contributed by atoms with Crippen LogP contribution in [0.4, 0.5) is 0 Å². The van der Waals surface area contributed by atoms with Crippen LogP contribution in [0, 0.1) is 5.92 Å². The van der Waals surface area contributed by atoms with Crippen LogP contribution in [0.25, 0.3) is 0 Å². The number of ether oxygens (including phenoxy) is 1. The van der Waals surface area contributed by atoms with Crippen molar-refractivity contribution in [2.45, 2.75) is 25.3 Å². The van der Waals surface area contributed by atoms with E-state index in [4.69, 9.17) is 10.5 Å². The normalized spacial score (nSPS) is 19.8. The lowest BCUT2D eigenvalue weighted by atomic mass is 9.94. The van der Waals surface area contributed by atoms with Gasteiger partial charge in [0.25, 0.3) is 0 Å². The Morgan fingerprint density at radius 1 is 1.62 bits per heavy atom. The van der Waals surface area contributed by atoms with Gasteiger partial charge in [0.05, 0.1) is 6.61 Å². The summed E-state index contributed by atoms with van der Waals surface area (Å²) in [7, 11) is 1.64. The molecule has 0 aromatic rings. The second kappa shape index (κ2) is 5.61. The number of nitrogens with two attached hydrogens (primary N) is 1. The number of hydrogen-bond acceptors (Lipinski definition) is 4. The van der Waals surface area contributed by atoms with Gasteiger partial charge in [-0.15, -0.1) is 0 Å². The van der Waals surface area contributed by atoms with Gasteiger partial charge in [-0.25, -0.2) is 0 Å². The van der Waals surface area contributed by atoms with Gasteiger partial charge in [0.15, 0.2) is 0 Å². The minimum atomic E-state index is -1.08. The van der Waals surface area contributed by atoms with Gasteiger partial charge >= 0.3 is 5.97 Å². The van der Waals surface area contributed by atoms with Crippen LogP contribution in [0.5, 0.6) is 0 Å². The van der Waals surface area contributed by atoms with Gasteiger partial charge in [0.2, 0.25) is 0 Å². The van der Waals surface area contributed by atoms with Crippen molar-refractivity contribution in [2.75, 3.05) is 33.4 Å². The third-order valence-corrected chi connectivity index (χ3v) is 3.25. The molecule has 0 amide bonds. The number of methoxy groups -OCH3 is 1. The summed E-state index contributed by atoms with van der Waals surface area (Å²) < 4.78 is 5.00. The summed E-state index contributed by atoms with van der Waals surface area (Å²) in [6.45, 7) is 4.54. The Morgan fingerprint density at radius 3 is 2.62 bits per heavy atom. The van der Waals surface area contributed by atoms with E-state index in [0.29, 0.717) is 13.2 Å². The van der Waals surface area contributed by atoms with Crippen LogP contribution >= 0.6 is 0 Å². The first kappa shape index (κ1) is 13.4. The number of hydrogen-bond donors (Lipinski definition) is 2. The summed E-state index contributed by atoms with van der Waals surface area (Å²) in [5.74, 6) is -0.743. The van der Waals surface area contributed by atoms with Crippen LogP contribution in [-0.4, -0.2) is 54.9 Å². The number of carboxylic acids is 1. The van der Waals surface area contributed by atoms with Gasteiger partial charge in [-0.1, -0.05) is 6.92 Å². The molecule has 0 saturated heterocycles. The Hall–Kier alpha value is -0.650. The molecular weight excluding hydrogens is 208 g/mol. The maximum Gasteiger partial charge on any atom is 0.325 e. The van der Waals surface area contributed by atoms with Crippen LogP contribution in [-0.2, 0) is 9.53 Å². The number of carbonyl (C=O) groups is 1. The Kier molecular flexibility index (Phi) is 4.70. The van der Waals surface area contributed by atoms with E-state index in [-0.39, 0.29) is 5.92 Å². The lowest BCUT2D eigenvalue weighted by Gasteiger charge is -2.31. The average Bonchev–Trinajstić information content (AvgIpc) is 3.07. The monoisotopic (exact) mass is 230 g/mol. The second-order valence-corrected chi connectivity index (χ2v) is 4.48. The van der Waals surface area contributed by atoms with E-state index < -0.39 is 11.5 Å². The average molecular weight is 230 g/mol. The molecule has 1 unspecified atom stereocenters. The van der Waals surface area contributed by atoms with E-state index in [2.05, 4.69) is 0 Å². The van der Waals surface area contributed by atoms with Gasteiger partial charge in [-0.2, -0.15) is 0 Å². The molecule has 1 rings (SSSR count). The van der Waals surface area contributed by atoms with Crippen molar-refractivity contribution in [2.24, 2.45) is 11.7 Å². The Balaban J connectivity index is 2.55. The molecule has 0 aliphatic heterocycles. The van der Waals surface area contributed by atoms with E-state index in [9.17, 15) is 9.90 Å². The van der Waals surface area contributed by atoms with Gasteiger partial charge in [0, 0.05) is 20.2 Å². The fourth-order valence-corrected chi connectivity index (χ4v) is 1.91. The maximum atomic E-state index is 11.2. The molecular formula is C11H22N2O3. The van der Waals surface area contributed by atoms with Gasteiger partial charge in [0.1, 0.15) is 5.54 Å². The minimum Gasteiger partial charge on any atom is -0.480 e. The summed E-state index contributed by atoms with van der Waals surface area (Å²) in [6.07, 6.45) is 1.87. The van der Waals surface area contributed by atoms with Crippen LogP contribution < -0.4 is 5.73 Å². The van der Waals surface area contributed by atoms with Gasteiger partial charge < -0.3 is 15.6 Å². The van der Waals surface area contributed by atoms with Crippen molar-refractivity contribution in [1.29, 1.82) is 0 Å². The first-order valence-electron chi connectivity index (χ1n) is 5.78. The zero-order valence-electron chi connectivity index (χ0n) is 10.1. The first-order chi connectivity index (χ1) is 7.54. The summed E-state index contributed by atoms with van der Waals surface area (Å²) in [5.41, 5.74) is 4.93. The quantitative estimate of drug-likeness (QED) is 0.620. The van der Waals surface area contributed by atoms with Crippen molar-refractivity contribution in [3.05, 3.63) is 0 Å². The summed E-state index contributed by atoms with van der Waals surface area (Å²) in [4.78, 5) is 13.3. The number of carboxylic acid groups (broad SMARTS) is 1. The SMILES string of the molecule is CCN(CCOC)CC(N)(C(=O)O)C1CC1. The third-order valence-electron chi connectivity index (χ3n) is 3.25. The highest BCUT2D eigenvalue weighted by atomic mass is 16.5. The topological polar surface area (TPSA) is 75.8 Å². The standard InChI is InChI=1S/C11H22N2O3/c1-3-13(6-7-16-2)8-11(12,10(14)15)9-4-5-9/h9H,3-8,12H2,1-2H3,(H,14,15). The summed E-state index contributed by atoms with van der Waals surface area (Å²) in [6, 6.07) is 0. The fourth-order valence-electron chi connectivity index (χ4n) is 1.91. The largest absolute Gasteiger partial charge is 0.480 e. The van der Waals surface area contributed by atoms with Crippen molar-refractivity contribution < 1.29 is 14.6 Å². The zero-order chi connectivity index (χ0) is 12.2. The molecule has 1 saturated carbocycles. The van der Waals surface area contributed by atoms with Crippen LogP contribution in [0.1, 0.15) is 19.8 Å². The minimum absolute atomic E-state index is 0.140. The molecule has 3 N–H and O–H groups in total. The van der Waals surface area contributed by atoms with Crippen molar-refractivity contribution in [3.8, 4) is 0 Å². The van der Waals surface area contributed by atoms with Gasteiger partial charge in [-0.3, -0.25) is 9.69 Å². The molecule has 1 aliphatic rings. The van der Waals surface area contributed by atoms with Crippen LogP contribution in [0.2, 0.25) is 0 Å². The molecule has 0 radical (unpaired) electrons. The number of aliphatic carboxylic acids is 1. The Morgan fingerprint density at radius 2 is 2.25 bits per heavy atom. The molecule has 94 valence electrons. The van der Waals surface area contributed by atoms with Crippen molar-refractivity contribution >= 4 is 5.97 Å². The smallest absolute Gasteiger partial charge is 0.325 e. The van der Waals surface area contributed by atoms with E-state index in [0.717, 1.165) is 25.9 Å². The maximum absolute atomic E-state index is 11.2. The summed E-state index contributed by atoms with van der Waals surface area (Å²) >= 11 is 0. The first-order valence-corrected chi connectivity index (χ1v) is 5.78. The second-order valence-electron chi connectivity index (χ2n) is 4.48. The molecule has 0 heterocycles. The van der Waals surface area contributed by atoms with Crippen LogP contribution in [0.15, 0.2) is 0 Å². The molecule has 0 aromatic carbocycles. The number of rotatable bonds is 8. The molecule has 1 atom stereocenters. The van der Waals surface area contributed by atoms with E-state index >= 15 is 0 Å². The Bertz CT molecular complexity index is 243. The molecule has 5 nitrogen and oxygen atoms in total.